The summed E-state index contributed by atoms with van der Waals surface area (Å²) < 4.78 is 0. The van der Waals surface area contributed by atoms with Crippen LogP contribution in [0.4, 0.5) is 0 Å². The van der Waals surface area contributed by atoms with Crippen molar-refractivity contribution < 1.29 is 14.7 Å². The zero-order valence-corrected chi connectivity index (χ0v) is 13.2. The van der Waals surface area contributed by atoms with Crippen molar-refractivity contribution in [1.82, 2.24) is 4.90 Å². The fourth-order valence-electron chi connectivity index (χ4n) is 3.15. The van der Waals surface area contributed by atoms with Gasteiger partial charge in [-0.05, 0) is 36.7 Å². The first-order valence-electron chi connectivity index (χ1n) is 8.10. The lowest BCUT2D eigenvalue weighted by Gasteiger charge is -2.33. The van der Waals surface area contributed by atoms with Crippen molar-refractivity contribution in [3.05, 3.63) is 35.9 Å². The number of benzene rings is 1. The molecule has 0 saturated carbocycles. The van der Waals surface area contributed by atoms with Crippen LogP contribution < -0.4 is 0 Å². The minimum absolute atomic E-state index is 0.191. The summed E-state index contributed by atoms with van der Waals surface area (Å²) in [7, 11) is 0. The molecule has 22 heavy (non-hydrogen) atoms. The van der Waals surface area contributed by atoms with Crippen molar-refractivity contribution >= 4 is 11.9 Å². The van der Waals surface area contributed by atoms with Gasteiger partial charge in [0.25, 0.3) is 0 Å². The summed E-state index contributed by atoms with van der Waals surface area (Å²) in [6.45, 7) is 3.61. The van der Waals surface area contributed by atoms with Crippen molar-refractivity contribution in [3.8, 4) is 0 Å². The summed E-state index contributed by atoms with van der Waals surface area (Å²) in [4.78, 5) is 25.1. The molecule has 1 aliphatic rings. The smallest absolute Gasteiger partial charge is 0.303 e. The molecule has 120 valence electrons. The number of amides is 1. The molecule has 0 bridgehead atoms. The van der Waals surface area contributed by atoms with E-state index in [1.165, 1.54) is 5.56 Å². The van der Waals surface area contributed by atoms with Crippen molar-refractivity contribution in [2.24, 2.45) is 5.92 Å². The van der Waals surface area contributed by atoms with Crippen LogP contribution in [0.25, 0.3) is 0 Å². The molecule has 1 amide bonds. The average molecular weight is 303 g/mol. The number of carboxylic acids is 1. The molecule has 1 saturated heterocycles. The van der Waals surface area contributed by atoms with Gasteiger partial charge in [-0.15, -0.1) is 0 Å². The highest BCUT2D eigenvalue weighted by molar-refractivity contribution is 5.77. The summed E-state index contributed by atoms with van der Waals surface area (Å²) >= 11 is 0. The van der Waals surface area contributed by atoms with Crippen LogP contribution in [0.2, 0.25) is 0 Å². The van der Waals surface area contributed by atoms with Gasteiger partial charge in [-0.25, -0.2) is 0 Å². The Balaban J connectivity index is 1.85. The Morgan fingerprint density at radius 1 is 1.32 bits per heavy atom. The van der Waals surface area contributed by atoms with Crippen LogP contribution in [0.1, 0.15) is 50.5 Å². The highest BCUT2D eigenvalue weighted by Crippen LogP contribution is 2.24. The number of carbonyl (C=O) groups is 2. The number of piperidine rings is 1. The van der Waals surface area contributed by atoms with Gasteiger partial charge >= 0.3 is 5.97 Å². The Kier molecular flexibility index (Phi) is 5.99. The van der Waals surface area contributed by atoms with Crippen LogP contribution in [0.15, 0.2) is 30.3 Å². The van der Waals surface area contributed by atoms with Gasteiger partial charge in [-0.1, -0.05) is 37.3 Å². The van der Waals surface area contributed by atoms with Crippen LogP contribution >= 0.6 is 0 Å². The molecule has 0 unspecified atom stereocenters. The normalized spacial score (nSPS) is 19.7. The van der Waals surface area contributed by atoms with Crippen LogP contribution in [0, 0.1) is 5.92 Å². The van der Waals surface area contributed by atoms with Crippen molar-refractivity contribution in [2.45, 2.75) is 44.9 Å². The van der Waals surface area contributed by atoms with Crippen LogP contribution in [0.5, 0.6) is 0 Å². The lowest BCUT2D eigenvalue weighted by Crippen LogP contribution is -2.40. The summed E-state index contributed by atoms with van der Waals surface area (Å²) in [5.41, 5.74) is 1.19. The first kappa shape index (κ1) is 16.5. The van der Waals surface area contributed by atoms with Gasteiger partial charge in [0, 0.05) is 25.9 Å². The second-order valence-electron chi connectivity index (χ2n) is 6.30. The van der Waals surface area contributed by atoms with E-state index in [9.17, 15) is 9.59 Å². The molecule has 1 heterocycles. The Morgan fingerprint density at radius 3 is 2.73 bits per heavy atom. The molecule has 2 atom stereocenters. The predicted octanol–water partition coefficient (Wildman–Crippen LogP) is 3.28. The third-order valence-electron chi connectivity index (χ3n) is 4.49. The molecule has 0 aromatic heterocycles. The molecule has 1 fully saturated rings. The van der Waals surface area contributed by atoms with E-state index in [0.29, 0.717) is 25.3 Å². The van der Waals surface area contributed by atoms with E-state index in [0.717, 1.165) is 19.4 Å². The Bertz CT molecular complexity index is 500. The molecule has 0 aliphatic carbocycles. The molecule has 0 radical (unpaired) electrons. The quantitative estimate of drug-likeness (QED) is 0.877. The number of aliphatic carboxylic acids is 1. The second kappa shape index (κ2) is 7.97. The molecule has 1 aromatic rings. The topological polar surface area (TPSA) is 57.6 Å². The Labute approximate surface area is 132 Å². The van der Waals surface area contributed by atoms with E-state index in [2.05, 4.69) is 19.1 Å². The monoisotopic (exact) mass is 303 g/mol. The van der Waals surface area contributed by atoms with Crippen molar-refractivity contribution in [3.63, 3.8) is 0 Å². The maximum absolute atomic E-state index is 12.5. The second-order valence-corrected chi connectivity index (χ2v) is 6.30. The van der Waals surface area contributed by atoms with E-state index in [1.54, 1.807) is 0 Å². The fraction of sp³-hybridized carbons (Fsp3) is 0.556. The Hall–Kier alpha value is -1.84. The number of rotatable bonds is 6. The van der Waals surface area contributed by atoms with E-state index in [-0.39, 0.29) is 18.2 Å². The van der Waals surface area contributed by atoms with Gasteiger partial charge in [0.05, 0.1) is 0 Å². The van der Waals surface area contributed by atoms with E-state index in [1.807, 2.05) is 23.1 Å². The SMILES string of the molecule is C[C@@H](CC(=O)N1CCC[C@@H](CCC(=O)O)C1)c1ccccc1. The first-order chi connectivity index (χ1) is 10.6. The number of carboxylic acid groups (broad SMARTS) is 1. The standard InChI is InChI=1S/C18H25NO3/c1-14(16-7-3-2-4-8-16)12-17(20)19-11-5-6-15(13-19)9-10-18(21)22/h2-4,7-8,14-15H,5-6,9-13H2,1H3,(H,21,22)/t14-,15-/m0/s1. The maximum atomic E-state index is 12.5. The van der Waals surface area contributed by atoms with E-state index in [4.69, 9.17) is 5.11 Å². The van der Waals surface area contributed by atoms with Gasteiger partial charge in [0.15, 0.2) is 0 Å². The van der Waals surface area contributed by atoms with Crippen molar-refractivity contribution in [1.29, 1.82) is 0 Å². The first-order valence-corrected chi connectivity index (χ1v) is 8.10. The molecule has 1 aliphatic heterocycles. The lowest BCUT2D eigenvalue weighted by molar-refractivity contribution is -0.137. The number of hydrogen-bond acceptors (Lipinski definition) is 2. The summed E-state index contributed by atoms with van der Waals surface area (Å²) in [5, 5.41) is 8.78. The fourth-order valence-corrected chi connectivity index (χ4v) is 3.15. The number of nitrogens with zero attached hydrogens (tertiary/aromatic N) is 1. The van der Waals surface area contributed by atoms with Gasteiger partial charge in [0.2, 0.25) is 5.91 Å². The van der Waals surface area contributed by atoms with E-state index >= 15 is 0 Å². The molecule has 1 N–H and O–H groups in total. The molecular formula is C18H25NO3. The zero-order valence-electron chi connectivity index (χ0n) is 13.2. The Morgan fingerprint density at radius 2 is 2.05 bits per heavy atom. The lowest BCUT2D eigenvalue weighted by atomic mass is 9.92. The van der Waals surface area contributed by atoms with Crippen LogP contribution in [-0.2, 0) is 9.59 Å². The minimum Gasteiger partial charge on any atom is -0.481 e. The molecule has 0 spiro atoms. The number of hydrogen-bond donors (Lipinski definition) is 1. The van der Waals surface area contributed by atoms with Gasteiger partial charge in [-0.2, -0.15) is 0 Å². The molecule has 2 rings (SSSR count). The molecule has 4 heteroatoms. The van der Waals surface area contributed by atoms with E-state index < -0.39 is 5.97 Å². The molecule has 4 nitrogen and oxygen atoms in total. The number of likely N-dealkylation sites (tertiary alicyclic amines) is 1. The van der Waals surface area contributed by atoms with Crippen LogP contribution in [0.3, 0.4) is 0 Å². The predicted molar refractivity (Wildman–Crippen MR) is 85.6 cm³/mol. The maximum Gasteiger partial charge on any atom is 0.303 e. The third-order valence-corrected chi connectivity index (χ3v) is 4.49. The average Bonchev–Trinajstić information content (AvgIpc) is 2.54. The van der Waals surface area contributed by atoms with Crippen molar-refractivity contribution in [2.75, 3.05) is 13.1 Å². The van der Waals surface area contributed by atoms with Gasteiger partial charge in [-0.3, -0.25) is 9.59 Å². The number of carbonyl (C=O) groups excluding carboxylic acids is 1. The summed E-state index contributed by atoms with van der Waals surface area (Å²) in [6.07, 6.45) is 3.41. The van der Waals surface area contributed by atoms with Gasteiger partial charge < -0.3 is 10.0 Å². The summed E-state index contributed by atoms with van der Waals surface area (Å²) in [6, 6.07) is 10.1. The minimum atomic E-state index is -0.749. The molecular weight excluding hydrogens is 278 g/mol. The molecule has 1 aromatic carbocycles. The largest absolute Gasteiger partial charge is 0.481 e. The highest BCUT2D eigenvalue weighted by Gasteiger charge is 2.25. The zero-order chi connectivity index (χ0) is 15.9. The highest BCUT2D eigenvalue weighted by atomic mass is 16.4. The van der Waals surface area contributed by atoms with Crippen LogP contribution in [-0.4, -0.2) is 35.0 Å². The van der Waals surface area contributed by atoms with Gasteiger partial charge in [0.1, 0.15) is 0 Å². The third kappa shape index (κ3) is 4.86. The summed E-state index contributed by atoms with van der Waals surface area (Å²) in [5.74, 6) is -0.00791.